The van der Waals surface area contributed by atoms with Crippen LogP contribution in [0.4, 0.5) is 0 Å². The maximum atomic E-state index is 10.7. The molecule has 0 aliphatic rings. The van der Waals surface area contributed by atoms with Gasteiger partial charge in [0.1, 0.15) is 0 Å². The second kappa shape index (κ2) is 13.4. The Hall–Kier alpha value is 1.10. The Morgan fingerprint density at radius 1 is 0.545 bits per heavy atom. The third kappa shape index (κ3) is 7.33. The van der Waals surface area contributed by atoms with Gasteiger partial charge in [-0.2, -0.15) is 0 Å². The van der Waals surface area contributed by atoms with Crippen molar-refractivity contribution in [2.45, 2.75) is 0 Å². The predicted molar refractivity (Wildman–Crippen MR) is 43.8 cm³/mol. The summed E-state index contributed by atoms with van der Waals surface area (Å²) in [5, 5.41) is 42.6. The predicted octanol–water partition coefficient (Wildman–Crippen LogP) is -16.8. The van der Waals surface area contributed by atoms with Gasteiger partial charge in [0.25, 0.3) is 0 Å². The molecule has 1 aromatic rings. The quantitative estimate of drug-likeness (QED) is 0.487. The first-order valence-corrected chi connectivity index (χ1v) is 4.29. The van der Waals surface area contributed by atoms with E-state index in [1.807, 2.05) is 0 Å². The molecule has 94 valence electrons. The number of benzene rings is 1. The van der Waals surface area contributed by atoms with Crippen molar-refractivity contribution in [3.63, 3.8) is 0 Å². The van der Waals surface area contributed by atoms with Crippen molar-refractivity contribution in [3.05, 3.63) is 34.4 Å². The molecule has 0 atom stereocenters. The molecule has 0 aliphatic carbocycles. The number of carbonyl (C=O) groups is 4. The first-order valence-electron chi connectivity index (χ1n) is 4.29. The molecule has 12 heteroatoms. The zero-order valence-electron chi connectivity index (χ0n) is 12.4. The number of carboxylic acid groups (broad SMARTS) is 4. The number of carbonyl (C=O) groups excluding carboxylic acids is 4. The summed E-state index contributed by atoms with van der Waals surface area (Å²) in [6.07, 6.45) is 0. The van der Waals surface area contributed by atoms with E-state index in [-0.39, 0.29) is 118 Å². The molecule has 0 unspecified atom stereocenters. The third-order valence-corrected chi connectivity index (χ3v) is 2.05. The fourth-order valence-corrected chi connectivity index (χ4v) is 1.37. The zero-order valence-corrected chi connectivity index (χ0v) is 20.4. The van der Waals surface area contributed by atoms with E-state index in [1.165, 1.54) is 0 Å². The normalized spacial score (nSPS) is 8.00. The second-order valence-electron chi connectivity index (χ2n) is 3.06. The maximum Gasteiger partial charge on any atom is 1.00 e. The molecule has 1 aromatic carbocycles. The van der Waals surface area contributed by atoms with Crippen molar-refractivity contribution in [3.8, 4) is 0 Å². The number of carboxylic acids is 4. The van der Waals surface area contributed by atoms with E-state index >= 15 is 0 Å². The minimum Gasteiger partial charge on any atom is -0.545 e. The standard InChI is InChI=1S/C10H6O8.4Na/c11-7(12)3-1-2-4(8(13)14)6(10(17)18)5(3)9(15)16;;;;/h1-2H,(H,11,12)(H,13,14)(H,15,16)(H,17,18);;;;/q;4*+1/p-4. The van der Waals surface area contributed by atoms with Crippen molar-refractivity contribution < 1.29 is 158 Å². The van der Waals surface area contributed by atoms with Gasteiger partial charge in [-0.25, -0.2) is 0 Å². The second-order valence-corrected chi connectivity index (χ2v) is 3.06. The van der Waals surface area contributed by atoms with Crippen LogP contribution in [0.5, 0.6) is 0 Å². The first-order chi connectivity index (χ1) is 8.27. The molecular formula is C10H2Na4O8. The summed E-state index contributed by atoms with van der Waals surface area (Å²) in [6, 6.07) is 1.14. The van der Waals surface area contributed by atoms with Crippen LogP contribution in [0.15, 0.2) is 12.1 Å². The van der Waals surface area contributed by atoms with Crippen LogP contribution >= 0.6 is 0 Å². The average Bonchev–Trinajstić information content (AvgIpc) is 2.26. The smallest absolute Gasteiger partial charge is 0.545 e. The van der Waals surface area contributed by atoms with E-state index in [9.17, 15) is 39.6 Å². The summed E-state index contributed by atoms with van der Waals surface area (Å²) < 4.78 is 0. The van der Waals surface area contributed by atoms with Crippen LogP contribution in [0.3, 0.4) is 0 Å². The van der Waals surface area contributed by atoms with Crippen LogP contribution in [0.25, 0.3) is 0 Å². The molecule has 0 saturated heterocycles. The van der Waals surface area contributed by atoms with Crippen molar-refractivity contribution in [2.24, 2.45) is 0 Å². The van der Waals surface area contributed by atoms with Gasteiger partial charge in [-0.1, -0.05) is 12.1 Å². The molecule has 0 radical (unpaired) electrons. The Morgan fingerprint density at radius 3 is 0.909 bits per heavy atom. The van der Waals surface area contributed by atoms with E-state index in [4.69, 9.17) is 0 Å². The molecule has 0 bridgehead atoms. The minimum absolute atomic E-state index is 0. The van der Waals surface area contributed by atoms with E-state index in [2.05, 4.69) is 0 Å². The fraction of sp³-hybridized carbons (Fsp3) is 0. The van der Waals surface area contributed by atoms with E-state index < -0.39 is 46.1 Å². The Morgan fingerprint density at radius 2 is 0.773 bits per heavy atom. The summed E-state index contributed by atoms with van der Waals surface area (Å²) in [4.78, 5) is 42.6. The number of hydrogen-bond acceptors (Lipinski definition) is 8. The number of hydrogen-bond donors (Lipinski definition) is 0. The van der Waals surface area contributed by atoms with Crippen LogP contribution in [0.1, 0.15) is 41.4 Å². The van der Waals surface area contributed by atoms with Crippen molar-refractivity contribution in [1.29, 1.82) is 0 Å². The van der Waals surface area contributed by atoms with Crippen LogP contribution in [-0.2, 0) is 0 Å². The largest absolute Gasteiger partial charge is 1.00 e. The van der Waals surface area contributed by atoms with Gasteiger partial charge in [0.2, 0.25) is 0 Å². The molecule has 22 heavy (non-hydrogen) atoms. The van der Waals surface area contributed by atoms with Gasteiger partial charge >= 0.3 is 118 Å². The molecule has 0 aromatic heterocycles. The molecule has 0 spiro atoms. The maximum absolute atomic E-state index is 10.7. The summed E-state index contributed by atoms with van der Waals surface area (Å²) in [5.41, 5.74) is -4.73. The Bertz CT molecular complexity index is 536. The van der Waals surface area contributed by atoms with Crippen LogP contribution in [0, 0.1) is 0 Å². The first kappa shape index (κ1) is 30.9. The topological polar surface area (TPSA) is 161 Å². The number of aromatic carboxylic acids is 4. The zero-order chi connectivity index (χ0) is 14.0. The van der Waals surface area contributed by atoms with E-state index in [0.29, 0.717) is 12.1 Å². The van der Waals surface area contributed by atoms with Gasteiger partial charge in [-0.05, 0) is 0 Å². The van der Waals surface area contributed by atoms with E-state index in [1.54, 1.807) is 0 Å². The monoisotopic (exact) mass is 342 g/mol. The van der Waals surface area contributed by atoms with Crippen LogP contribution < -0.4 is 139 Å². The van der Waals surface area contributed by atoms with Crippen LogP contribution in [-0.4, -0.2) is 23.9 Å². The summed E-state index contributed by atoms with van der Waals surface area (Å²) in [7, 11) is 0. The van der Waals surface area contributed by atoms with Gasteiger partial charge in [-0.3, -0.25) is 0 Å². The van der Waals surface area contributed by atoms with Gasteiger partial charge < -0.3 is 39.6 Å². The SMILES string of the molecule is O=C([O-])c1ccc(C(=O)[O-])c(C(=O)[O-])c1C(=O)[O-].[Na+].[Na+].[Na+].[Na+]. The molecular weight excluding hydrogens is 340 g/mol. The molecule has 0 N–H and O–H groups in total. The van der Waals surface area contributed by atoms with Gasteiger partial charge in [0, 0.05) is 22.3 Å². The molecule has 1 rings (SSSR count). The average molecular weight is 342 g/mol. The van der Waals surface area contributed by atoms with Gasteiger partial charge in [0.05, 0.1) is 23.9 Å². The van der Waals surface area contributed by atoms with Gasteiger partial charge in [-0.15, -0.1) is 0 Å². The van der Waals surface area contributed by atoms with Crippen molar-refractivity contribution in [1.82, 2.24) is 0 Å². The molecule has 0 aliphatic heterocycles. The van der Waals surface area contributed by atoms with Crippen molar-refractivity contribution in [2.75, 3.05) is 0 Å². The molecule has 0 amide bonds. The molecule has 0 heterocycles. The summed E-state index contributed by atoms with van der Waals surface area (Å²) in [6.45, 7) is 0. The minimum atomic E-state index is -2.18. The van der Waals surface area contributed by atoms with Gasteiger partial charge in [0.15, 0.2) is 0 Å². The van der Waals surface area contributed by atoms with E-state index in [0.717, 1.165) is 0 Å². The molecule has 8 nitrogen and oxygen atoms in total. The summed E-state index contributed by atoms with van der Waals surface area (Å²) >= 11 is 0. The fourth-order valence-electron chi connectivity index (χ4n) is 1.37. The Kier molecular flexibility index (Phi) is 18.8. The number of rotatable bonds is 4. The Labute approximate surface area is 212 Å². The van der Waals surface area contributed by atoms with Crippen molar-refractivity contribution >= 4 is 23.9 Å². The third-order valence-electron chi connectivity index (χ3n) is 2.05. The van der Waals surface area contributed by atoms with Crippen LogP contribution in [0.2, 0.25) is 0 Å². The molecule has 0 saturated carbocycles. The summed E-state index contributed by atoms with van der Waals surface area (Å²) in [5.74, 6) is -8.36. The Balaban J connectivity index is -0.000000405. The molecule has 0 fully saturated rings.